The van der Waals surface area contributed by atoms with Crippen LogP contribution in [-0.2, 0) is 9.53 Å². The van der Waals surface area contributed by atoms with E-state index in [1.807, 2.05) is 44.2 Å². The third-order valence-electron chi connectivity index (χ3n) is 7.58. The van der Waals surface area contributed by atoms with Gasteiger partial charge in [0.25, 0.3) is 0 Å². The van der Waals surface area contributed by atoms with Gasteiger partial charge in [-0.3, -0.25) is 9.59 Å². The number of rotatable bonds is 5. The molecule has 1 aliphatic heterocycles. The highest BCUT2D eigenvalue weighted by Gasteiger charge is 2.48. The molecule has 0 spiro atoms. The molecule has 3 N–H and O–H groups in total. The van der Waals surface area contributed by atoms with Gasteiger partial charge in [-0.1, -0.05) is 44.2 Å². The first-order valence-electron chi connectivity index (χ1n) is 12.4. The number of phenols is 2. The van der Waals surface area contributed by atoms with Crippen molar-refractivity contribution in [1.82, 2.24) is 0 Å². The lowest BCUT2D eigenvalue weighted by Gasteiger charge is -2.38. The van der Waals surface area contributed by atoms with Gasteiger partial charge in [-0.15, -0.1) is 0 Å². The van der Waals surface area contributed by atoms with Crippen LogP contribution in [0, 0.1) is 18.3 Å². The third-order valence-corrected chi connectivity index (χ3v) is 7.58. The smallest absolute Gasteiger partial charge is 0.176 e. The Labute approximate surface area is 217 Å². The van der Waals surface area contributed by atoms with Gasteiger partial charge in [0.05, 0.1) is 18.9 Å². The summed E-state index contributed by atoms with van der Waals surface area (Å²) in [6.07, 6.45) is -0.628. The fraction of sp³-hybridized carbons (Fsp3) is 0.400. The Kier molecular flexibility index (Phi) is 6.61. The van der Waals surface area contributed by atoms with Crippen molar-refractivity contribution in [2.75, 3.05) is 7.11 Å². The van der Waals surface area contributed by atoms with Gasteiger partial charge in [-0.25, -0.2) is 0 Å². The minimum atomic E-state index is -1.07. The minimum absolute atomic E-state index is 0.0134. The summed E-state index contributed by atoms with van der Waals surface area (Å²) in [4.78, 5) is 27.3. The number of aliphatic hydroxyl groups is 1. The number of phenolic OH excluding ortho intramolecular Hbond substituents is 2. The van der Waals surface area contributed by atoms with Crippen LogP contribution in [0.4, 0.5) is 0 Å². The number of carbonyl (C=O) groups excluding carboxylic acids is 2. The summed E-state index contributed by atoms with van der Waals surface area (Å²) >= 11 is 0. The molecule has 2 aromatic rings. The van der Waals surface area contributed by atoms with Gasteiger partial charge in [0, 0.05) is 28.2 Å². The highest BCUT2D eigenvalue weighted by Crippen LogP contribution is 2.55. The number of hydrogen-bond donors (Lipinski definition) is 3. The number of methoxy groups -OCH3 is 1. The van der Waals surface area contributed by atoms with E-state index in [0.29, 0.717) is 11.3 Å². The van der Waals surface area contributed by atoms with Crippen LogP contribution in [0.3, 0.4) is 0 Å². The van der Waals surface area contributed by atoms with Crippen molar-refractivity contribution in [2.24, 2.45) is 11.3 Å². The Balaban J connectivity index is 2.03. The number of aliphatic hydroxyl groups excluding tert-OH is 1. The van der Waals surface area contributed by atoms with Gasteiger partial charge in [0.1, 0.15) is 40.4 Å². The zero-order valence-corrected chi connectivity index (χ0v) is 22.3. The van der Waals surface area contributed by atoms with Crippen LogP contribution >= 0.6 is 0 Å². The van der Waals surface area contributed by atoms with Crippen molar-refractivity contribution in [3.05, 3.63) is 75.3 Å². The zero-order valence-electron chi connectivity index (χ0n) is 22.3. The summed E-state index contributed by atoms with van der Waals surface area (Å²) in [7, 11) is 1.46. The summed E-state index contributed by atoms with van der Waals surface area (Å²) < 4.78 is 11.8. The highest BCUT2D eigenvalue weighted by atomic mass is 16.5. The van der Waals surface area contributed by atoms with Crippen LogP contribution in [0.2, 0.25) is 0 Å². The number of ether oxygens (including phenoxy) is 2. The van der Waals surface area contributed by atoms with Crippen molar-refractivity contribution in [3.63, 3.8) is 0 Å². The number of hydrogen-bond acceptors (Lipinski definition) is 7. The van der Waals surface area contributed by atoms with E-state index in [4.69, 9.17) is 9.47 Å². The molecule has 0 radical (unpaired) electrons. The highest BCUT2D eigenvalue weighted by molar-refractivity contribution is 6.07. The molecule has 0 amide bonds. The third kappa shape index (κ3) is 3.97. The second kappa shape index (κ2) is 9.29. The van der Waals surface area contributed by atoms with Gasteiger partial charge in [-0.2, -0.15) is 0 Å². The normalized spacial score (nSPS) is 20.2. The molecular weight excluding hydrogens is 472 g/mol. The predicted octanol–water partition coefficient (Wildman–Crippen LogP) is 6.19. The Morgan fingerprint density at radius 2 is 1.65 bits per heavy atom. The Morgan fingerprint density at radius 1 is 1.03 bits per heavy atom. The van der Waals surface area contributed by atoms with Crippen molar-refractivity contribution >= 4 is 11.6 Å². The number of fused-ring (bicyclic) bond motifs is 1. The fourth-order valence-electron chi connectivity index (χ4n) is 5.66. The van der Waals surface area contributed by atoms with Crippen molar-refractivity contribution in [2.45, 2.75) is 60.0 Å². The van der Waals surface area contributed by atoms with E-state index in [1.165, 1.54) is 14.0 Å². The molecule has 7 nitrogen and oxygen atoms in total. The van der Waals surface area contributed by atoms with E-state index in [0.717, 1.165) is 5.56 Å². The lowest BCUT2D eigenvalue weighted by atomic mass is 9.68. The summed E-state index contributed by atoms with van der Waals surface area (Å²) in [5, 5.41) is 33.6. The first-order valence-corrected chi connectivity index (χ1v) is 12.4. The van der Waals surface area contributed by atoms with E-state index in [1.54, 1.807) is 20.8 Å². The van der Waals surface area contributed by atoms with Gasteiger partial charge >= 0.3 is 0 Å². The average molecular weight is 507 g/mol. The number of benzene rings is 2. The summed E-state index contributed by atoms with van der Waals surface area (Å²) in [5.41, 5.74) is 0.535. The van der Waals surface area contributed by atoms with Gasteiger partial charge < -0.3 is 24.8 Å². The second-order valence-electron chi connectivity index (χ2n) is 10.7. The number of aromatic hydroxyl groups is 2. The summed E-state index contributed by atoms with van der Waals surface area (Å²) in [6.45, 7) is 10.4. The van der Waals surface area contributed by atoms with Crippen LogP contribution in [0.1, 0.15) is 80.1 Å². The Morgan fingerprint density at radius 3 is 2.22 bits per heavy atom. The van der Waals surface area contributed by atoms with Crippen LogP contribution in [0.15, 0.2) is 53.0 Å². The molecular formula is C30H34O7. The lowest BCUT2D eigenvalue weighted by molar-refractivity contribution is -0.124. The lowest BCUT2D eigenvalue weighted by Crippen LogP contribution is -2.37. The first-order chi connectivity index (χ1) is 17.3. The molecule has 1 heterocycles. The monoisotopic (exact) mass is 506 g/mol. The molecule has 7 heteroatoms. The van der Waals surface area contributed by atoms with Crippen LogP contribution in [-0.4, -0.2) is 34.0 Å². The van der Waals surface area contributed by atoms with E-state index in [9.17, 15) is 24.9 Å². The van der Waals surface area contributed by atoms with Crippen molar-refractivity contribution in [3.8, 4) is 17.2 Å². The van der Waals surface area contributed by atoms with Gasteiger partial charge in [0.15, 0.2) is 11.6 Å². The second-order valence-corrected chi connectivity index (χ2v) is 10.7. The predicted molar refractivity (Wildman–Crippen MR) is 139 cm³/mol. The SMILES string of the molecule is COC1=C(C)C(O)=C(C(c2c(O)c(C)c(O)c3c2OC(c2ccccc2)CC3=O)C(C)C)C(=O)C1(C)C. The maximum Gasteiger partial charge on any atom is 0.176 e. The number of Topliss-reactive ketones (excluding diaryl/α,β-unsaturated/α-hetero) is 2. The number of carbonyl (C=O) groups is 2. The summed E-state index contributed by atoms with van der Waals surface area (Å²) in [6, 6.07) is 9.24. The van der Waals surface area contributed by atoms with E-state index in [2.05, 4.69) is 0 Å². The molecule has 0 saturated carbocycles. The quantitative estimate of drug-likeness (QED) is 0.443. The number of allylic oxidation sites excluding steroid dienone is 3. The van der Waals surface area contributed by atoms with E-state index >= 15 is 0 Å². The molecule has 2 unspecified atom stereocenters. The summed E-state index contributed by atoms with van der Waals surface area (Å²) in [5.74, 6) is -2.26. The zero-order chi connectivity index (χ0) is 27.4. The van der Waals surface area contributed by atoms with E-state index < -0.39 is 17.4 Å². The molecule has 2 atom stereocenters. The first kappa shape index (κ1) is 26.3. The molecule has 37 heavy (non-hydrogen) atoms. The standard InChI is InChI=1S/C30H34O7/c1-14(2)20(23-26(34)16(4)29(36-7)30(5,6)28(23)35)22-25(33)15(3)24(32)21-18(31)13-19(37-27(21)22)17-11-9-8-10-12-17/h8-12,14,19-20,32-34H,13H2,1-7H3. The van der Waals surface area contributed by atoms with Crippen LogP contribution < -0.4 is 4.74 Å². The fourth-order valence-corrected chi connectivity index (χ4v) is 5.66. The molecule has 4 rings (SSSR count). The maximum absolute atomic E-state index is 13.9. The topological polar surface area (TPSA) is 113 Å². The molecule has 0 aromatic heterocycles. The molecule has 0 fully saturated rings. The maximum atomic E-state index is 13.9. The molecule has 196 valence electrons. The molecule has 0 saturated heterocycles. The molecule has 2 aromatic carbocycles. The van der Waals surface area contributed by atoms with Gasteiger partial charge in [-0.05, 0) is 39.2 Å². The largest absolute Gasteiger partial charge is 0.507 e. The number of ketones is 2. The Bertz CT molecular complexity index is 1350. The van der Waals surface area contributed by atoms with Crippen LogP contribution in [0.5, 0.6) is 17.2 Å². The Hall–Kier alpha value is -3.74. The average Bonchev–Trinajstić information content (AvgIpc) is 2.85. The van der Waals surface area contributed by atoms with Gasteiger partial charge in [0.2, 0.25) is 0 Å². The van der Waals surface area contributed by atoms with Crippen LogP contribution in [0.25, 0.3) is 0 Å². The molecule has 2 aliphatic rings. The van der Waals surface area contributed by atoms with E-state index in [-0.39, 0.29) is 69.2 Å². The van der Waals surface area contributed by atoms with Crippen molar-refractivity contribution < 1.29 is 34.4 Å². The molecule has 1 aliphatic carbocycles. The molecule has 0 bridgehead atoms. The minimum Gasteiger partial charge on any atom is -0.507 e. The van der Waals surface area contributed by atoms with Crippen molar-refractivity contribution in [1.29, 1.82) is 0 Å².